The minimum Gasteiger partial charge on any atom is -0.735 e. The van der Waals surface area contributed by atoms with Gasteiger partial charge in [-0.2, -0.15) is 8.42 Å². The summed E-state index contributed by atoms with van der Waals surface area (Å²) in [5.74, 6) is 0. The molecular formula is C7H16NO9S2-. The molecule has 19 heavy (non-hydrogen) atoms. The molecule has 0 spiro atoms. The fourth-order valence-electron chi connectivity index (χ4n) is 1.29. The average molecular weight is 322 g/mol. The van der Waals surface area contributed by atoms with Gasteiger partial charge in [-0.05, 0) is 6.42 Å². The third-order valence-electron chi connectivity index (χ3n) is 2.12. The maximum Gasteiger partial charge on any atom is 0.397 e. The molecule has 0 bridgehead atoms. The molecule has 3 atom stereocenters. The molecule has 10 nitrogen and oxygen atoms in total. The lowest BCUT2D eigenvalue weighted by Crippen LogP contribution is -2.44. The largest absolute Gasteiger partial charge is 0.735 e. The Bertz CT molecular complexity index is 459. The maximum absolute atomic E-state index is 10.5. The zero-order valence-electron chi connectivity index (χ0n) is 9.96. The van der Waals surface area contributed by atoms with E-state index in [2.05, 4.69) is 4.18 Å². The first-order valence-electron chi connectivity index (χ1n) is 5.15. The highest BCUT2D eigenvalue weighted by atomic mass is 32.3. The van der Waals surface area contributed by atoms with E-state index in [1.54, 1.807) is 4.72 Å². The molecule has 0 saturated carbocycles. The van der Waals surface area contributed by atoms with E-state index < -0.39 is 52.0 Å². The van der Waals surface area contributed by atoms with Crippen molar-refractivity contribution in [3.05, 3.63) is 0 Å². The minimum absolute atomic E-state index is 0.0779. The third kappa shape index (κ3) is 10.1. The van der Waals surface area contributed by atoms with E-state index in [9.17, 15) is 31.6 Å². The highest BCUT2D eigenvalue weighted by Crippen LogP contribution is 2.08. The van der Waals surface area contributed by atoms with Gasteiger partial charge in [0.25, 0.3) is 0 Å². The summed E-state index contributed by atoms with van der Waals surface area (Å²) < 4.78 is 65.6. The van der Waals surface area contributed by atoms with Gasteiger partial charge in [-0.3, -0.25) is 4.55 Å². The average Bonchev–Trinajstić information content (AvgIpc) is 2.20. The molecule has 0 heterocycles. The van der Waals surface area contributed by atoms with E-state index in [0.29, 0.717) is 0 Å². The van der Waals surface area contributed by atoms with Crippen LogP contribution >= 0.6 is 0 Å². The summed E-state index contributed by atoms with van der Waals surface area (Å²) in [5, 5.41) is 18.9. The van der Waals surface area contributed by atoms with Crippen molar-refractivity contribution in [1.29, 1.82) is 0 Å². The van der Waals surface area contributed by atoms with Gasteiger partial charge < -0.3 is 14.8 Å². The van der Waals surface area contributed by atoms with Crippen LogP contribution in [-0.2, 0) is 24.9 Å². The summed E-state index contributed by atoms with van der Waals surface area (Å²) in [6, 6.07) is -1.12. The molecule has 0 aromatic heterocycles. The number of nitrogens with one attached hydrogen (secondary N) is 1. The zero-order chi connectivity index (χ0) is 15.3. The van der Waals surface area contributed by atoms with E-state index in [1.165, 1.54) is 6.92 Å². The summed E-state index contributed by atoms with van der Waals surface area (Å²) in [6.45, 7) is 0.684. The van der Waals surface area contributed by atoms with Crippen molar-refractivity contribution < 1.29 is 40.3 Å². The molecule has 0 radical (unpaired) electrons. The molecule has 0 rings (SSSR count). The van der Waals surface area contributed by atoms with Crippen LogP contribution in [0.1, 0.15) is 19.8 Å². The van der Waals surface area contributed by atoms with E-state index in [4.69, 9.17) is 4.55 Å². The molecule has 0 aliphatic heterocycles. The van der Waals surface area contributed by atoms with Crippen molar-refractivity contribution in [1.82, 2.24) is 4.72 Å². The fourth-order valence-corrected chi connectivity index (χ4v) is 2.32. The second-order valence-corrected chi connectivity index (χ2v) is 5.99. The molecule has 0 amide bonds. The van der Waals surface area contributed by atoms with E-state index in [1.807, 2.05) is 0 Å². The van der Waals surface area contributed by atoms with Crippen LogP contribution in [0, 0.1) is 0 Å². The molecule has 0 aliphatic rings. The van der Waals surface area contributed by atoms with E-state index in [0.717, 1.165) is 0 Å². The summed E-state index contributed by atoms with van der Waals surface area (Å²) >= 11 is 0. The monoisotopic (exact) mass is 322 g/mol. The Labute approximate surface area is 111 Å². The minimum atomic E-state index is -4.76. The van der Waals surface area contributed by atoms with Crippen LogP contribution in [-0.4, -0.2) is 61.0 Å². The van der Waals surface area contributed by atoms with Gasteiger partial charge in [0.1, 0.15) is 0 Å². The van der Waals surface area contributed by atoms with E-state index >= 15 is 0 Å². The topological polar surface area (TPSA) is 173 Å². The van der Waals surface area contributed by atoms with Gasteiger partial charge in [-0.25, -0.2) is 17.3 Å². The van der Waals surface area contributed by atoms with Crippen molar-refractivity contribution >= 4 is 20.7 Å². The Morgan fingerprint density at radius 2 is 1.79 bits per heavy atom. The van der Waals surface area contributed by atoms with Crippen molar-refractivity contribution in [2.24, 2.45) is 0 Å². The molecule has 0 saturated heterocycles. The van der Waals surface area contributed by atoms with Crippen LogP contribution in [0.2, 0.25) is 0 Å². The molecule has 0 fully saturated rings. The van der Waals surface area contributed by atoms with Crippen LogP contribution < -0.4 is 4.72 Å². The number of hydrogen-bond acceptors (Lipinski definition) is 8. The van der Waals surface area contributed by atoms with Gasteiger partial charge in [-0.15, -0.1) is 0 Å². The normalized spacial score (nSPS) is 17.9. The highest BCUT2D eigenvalue weighted by Gasteiger charge is 2.23. The van der Waals surface area contributed by atoms with Crippen LogP contribution in [0.3, 0.4) is 0 Å². The first-order chi connectivity index (χ1) is 8.44. The smallest absolute Gasteiger partial charge is 0.397 e. The fraction of sp³-hybridized carbons (Fsp3) is 1.00. The van der Waals surface area contributed by atoms with Gasteiger partial charge in [0, 0.05) is 12.5 Å². The quantitative estimate of drug-likeness (QED) is 0.342. The Morgan fingerprint density at radius 3 is 2.16 bits per heavy atom. The predicted molar refractivity (Wildman–Crippen MR) is 61.0 cm³/mol. The van der Waals surface area contributed by atoms with Crippen molar-refractivity contribution in [2.75, 3.05) is 6.61 Å². The van der Waals surface area contributed by atoms with Gasteiger partial charge in [-0.1, -0.05) is 6.92 Å². The first-order valence-corrected chi connectivity index (χ1v) is 7.93. The first kappa shape index (κ1) is 18.7. The van der Waals surface area contributed by atoms with Gasteiger partial charge in [0.2, 0.25) is 0 Å². The Balaban J connectivity index is 4.36. The molecule has 0 aliphatic carbocycles. The van der Waals surface area contributed by atoms with Crippen molar-refractivity contribution in [3.8, 4) is 0 Å². The van der Waals surface area contributed by atoms with Crippen LogP contribution in [0.15, 0.2) is 0 Å². The number of rotatable bonds is 9. The van der Waals surface area contributed by atoms with E-state index in [-0.39, 0.29) is 6.42 Å². The maximum atomic E-state index is 10.5. The second kappa shape index (κ2) is 7.44. The molecule has 2 unspecified atom stereocenters. The SMILES string of the molecule is CCC(NS(=O)(=O)[O-])[C@@H](O)CC(O)COS(=O)(=O)O. The summed E-state index contributed by atoms with van der Waals surface area (Å²) in [4.78, 5) is 0. The molecular weight excluding hydrogens is 306 g/mol. The van der Waals surface area contributed by atoms with Crippen LogP contribution in [0.5, 0.6) is 0 Å². The summed E-state index contributed by atoms with van der Waals surface area (Å²) in [5.41, 5.74) is 0. The zero-order valence-corrected chi connectivity index (χ0v) is 11.6. The number of aliphatic hydroxyl groups excluding tert-OH is 2. The van der Waals surface area contributed by atoms with Gasteiger partial charge >= 0.3 is 10.4 Å². The molecule has 0 aromatic carbocycles. The number of hydrogen-bond donors (Lipinski definition) is 4. The van der Waals surface area contributed by atoms with Crippen molar-refractivity contribution in [3.63, 3.8) is 0 Å². The lowest BCUT2D eigenvalue weighted by atomic mass is 10.0. The summed E-state index contributed by atoms with van der Waals surface area (Å²) in [7, 11) is -9.47. The Morgan fingerprint density at radius 1 is 1.26 bits per heavy atom. The summed E-state index contributed by atoms with van der Waals surface area (Å²) in [6.07, 6.45) is -3.26. The molecule has 12 heteroatoms. The Hall–Kier alpha value is -0.340. The highest BCUT2D eigenvalue weighted by molar-refractivity contribution is 7.83. The van der Waals surface area contributed by atoms with Gasteiger partial charge in [0.05, 0.1) is 18.8 Å². The standard InChI is InChI=1S/C7H17NO9S2/c1-2-6(8-18(11,12)13)7(10)3-5(9)4-17-19(14,15)16/h5-10H,2-4H2,1H3,(H,11,12,13)(H,14,15,16)/p-1/t5?,6?,7-/m0/s1. The lowest BCUT2D eigenvalue weighted by molar-refractivity contribution is 0.0340. The van der Waals surface area contributed by atoms with Crippen molar-refractivity contribution in [2.45, 2.75) is 38.0 Å². The van der Waals surface area contributed by atoms with Crippen LogP contribution in [0.25, 0.3) is 0 Å². The predicted octanol–water partition coefficient (Wildman–Crippen LogP) is -2.25. The molecule has 0 aromatic rings. The second-order valence-electron chi connectivity index (χ2n) is 3.76. The number of aliphatic hydroxyl groups is 2. The molecule has 4 N–H and O–H groups in total. The van der Waals surface area contributed by atoms with Crippen LogP contribution in [0.4, 0.5) is 0 Å². The molecule has 116 valence electrons. The van der Waals surface area contributed by atoms with Gasteiger partial charge in [0.15, 0.2) is 10.3 Å². The third-order valence-corrected chi connectivity index (χ3v) is 3.15. The lowest BCUT2D eigenvalue weighted by Gasteiger charge is -2.25. The Kier molecular flexibility index (Phi) is 7.31.